The van der Waals surface area contributed by atoms with E-state index in [0.717, 1.165) is 16.9 Å². The Balaban J connectivity index is 2.00. The monoisotopic (exact) mass is 417 g/mol. The van der Waals surface area contributed by atoms with Gasteiger partial charge in [0.05, 0.1) is 44.7 Å². The van der Waals surface area contributed by atoms with Gasteiger partial charge in [0.2, 0.25) is 15.8 Å². The first-order valence-corrected chi connectivity index (χ1v) is 10.4. The van der Waals surface area contributed by atoms with Crippen LogP contribution in [-0.4, -0.2) is 46.6 Å². The summed E-state index contributed by atoms with van der Waals surface area (Å²) < 4.78 is 43.8. The number of hydrogen-bond donors (Lipinski definition) is 1. The van der Waals surface area contributed by atoms with Crippen LogP contribution >= 0.6 is 0 Å². The summed E-state index contributed by atoms with van der Waals surface area (Å²) in [5.41, 5.74) is 3.13. The summed E-state index contributed by atoms with van der Waals surface area (Å²) in [6.07, 6.45) is 1.69. The van der Waals surface area contributed by atoms with Crippen LogP contribution in [0, 0.1) is 0 Å². The molecule has 1 aromatic heterocycles. The van der Waals surface area contributed by atoms with Gasteiger partial charge in [-0.3, -0.25) is 0 Å². The topological polar surface area (TPSA) is 91.7 Å². The van der Waals surface area contributed by atoms with E-state index >= 15 is 0 Å². The van der Waals surface area contributed by atoms with Crippen molar-refractivity contribution >= 4 is 10.0 Å². The summed E-state index contributed by atoms with van der Waals surface area (Å²) in [6, 6.07) is 12.8. The van der Waals surface area contributed by atoms with Crippen LogP contribution in [0.25, 0.3) is 16.9 Å². The fourth-order valence-electron chi connectivity index (χ4n) is 2.98. The fourth-order valence-corrected chi connectivity index (χ4v) is 3.76. The lowest BCUT2D eigenvalue weighted by Crippen LogP contribution is -2.20. The van der Waals surface area contributed by atoms with Gasteiger partial charge in [0.25, 0.3) is 0 Å². The van der Waals surface area contributed by atoms with Gasteiger partial charge in [-0.25, -0.2) is 17.8 Å². The molecule has 0 aliphatic rings. The second kappa shape index (κ2) is 8.54. The third-order valence-electron chi connectivity index (χ3n) is 4.45. The molecule has 9 heteroatoms. The summed E-state index contributed by atoms with van der Waals surface area (Å²) in [4.78, 5) is 0. The molecule has 0 aliphatic heterocycles. The lowest BCUT2D eigenvalue weighted by Gasteiger charge is -2.15. The van der Waals surface area contributed by atoms with Gasteiger partial charge in [0.15, 0.2) is 11.5 Å². The standard InChI is InChI=1S/C20H23N3O5S/c1-21-29(24,25)13-14-5-7-16(8-6-14)23-17(9-10-22-23)15-11-18(26-2)20(28-4)19(12-15)27-3/h5-12,21H,13H2,1-4H3. The Morgan fingerprint density at radius 2 is 1.59 bits per heavy atom. The van der Waals surface area contributed by atoms with Crippen LogP contribution in [0.4, 0.5) is 0 Å². The molecule has 154 valence electrons. The second-order valence-corrected chi connectivity index (χ2v) is 8.10. The molecule has 29 heavy (non-hydrogen) atoms. The highest BCUT2D eigenvalue weighted by atomic mass is 32.2. The zero-order chi connectivity index (χ0) is 21.0. The van der Waals surface area contributed by atoms with Crippen molar-refractivity contribution in [3.05, 3.63) is 54.2 Å². The minimum atomic E-state index is -3.32. The van der Waals surface area contributed by atoms with Gasteiger partial charge in [-0.2, -0.15) is 5.10 Å². The summed E-state index contributed by atoms with van der Waals surface area (Å²) in [5.74, 6) is 1.52. The van der Waals surface area contributed by atoms with E-state index in [0.29, 0.717) is 22.8 Å². The first kappa shape index (κ1) is 20.7. The molecule has 0 saturated heterocycles. The Morgan fingerprint density at radius 3 is 2.10 bits per heavy atom. The molecule has 0 atom stereocenters. The zero-order valence-corrected chi connectivity index (χ0v) is 17.5. The molecule has 0 fully saturated rings. The third kappa shape index (κ3) is 4.36. The van der Waals surface area contributed by atoms with Gasteiger partial charge in [-0.15, -0.1) is 0 Å². The second-order valence-electron chi connectivity index (χ2n) is 6.17. The molecular formula is C20H23N3O5S. The number of aromatic nitrogens is 2. The van der Waals surface area contributed by atoms with E-state index in [1.165, 1.54) is 7.05 Å². The molecule has 1 N–H and O–H groups in total. The molecule has 8 nitrogen and oxygen atoms in total. The predicted octanol–water partition coefficient (Wildman–Crippen LogP) is 2.61. The van der Waals surface area contributed by atoms with Crippen LogP contribution in [0.3, 0.4) is 0 Å². The first-order valence-electron chi connectivity index (χ1n) is 8.77. The Hall–Kier alpha value is -3.04. The molecule has 0 radical (unpaired) electrons. The van der Waals surface area contributed by atoms with Crippen molar-refractivity contribution in [1.29, 1.82) is 0 Å². The van der Waals surface area contributed by atoms with Crippen LogP contribution in [0.2, 0.25) is 0 Å². The van der Waals surface area contributed by atoms with Gasteiger partial charge < -0.3 is 14.2 Å². The maximum absolute atomic E-state index is 11.7. The average Bonchev–Trinajstić information content (AvgIpc) is 3.22. The van der Waals surface area contributed by atoms with E-state index in [4.69, 9.17) is 14.2 Å². The number of sulfonamides is 1. The molecule has 0 unspecified atom stereocenters. The maximum atomic E-state index is 11.7. The van der Waals surface area contributed by atoms with Crippen LogP contribution in [-0.2, 0) is 15.8 Å². The number of ether oxygens (including phenoxy) is 3. The first-order chi connectivity index (χ1) is 13.9. The van der Waals surface area contributed by atoms with E-state index in [2.05, 4.69) is 9.82 Å². The van der Waals surface area contributed by atoms with Gasteiger partial charge in [-0.1, -0.05) is 12.1 Å². The van der Waals surface area contributed by atoms with Gasteiger partial charge in [-0.05, 0) is 42.9 Å². The summed E-state index contributed by atoms with van der Waals surface area (Å²) in [5, 5.41) is 4.41. The van der Waals surface area contributed by atoms with Crippen LogP contribution in [0.5, 0.6) is 17.2 Å². The van der Waals surface area contributed by atoms with Crippen molar-refractivity contribution in [3.63, 3.8) is 0 Å². The SMILES string of the molecule is CNS(=O)(=O)Cc1ccc(-n2nccc2-c2cc(OC)c(OC)c(OC)c2)cc1. The fraction of sp³-hybridized carbons (Fsp3) is 0.250. The van der Waals surface area contributed by atoms with Crippen molar-refractivity contribution < 1.29 is 22.6 Å². The Morgan fingerprint density at radius 1 is 0.966 bits per heavy atom. The lowest BCUT2D eigenvalue weighted by atomic mass is 10.1. The highest BCUT2D eigenvalue weighted by molar-refractivity contribution is 7.88. The average molecular weight is 417 g/mol. The Kier molecular flexibility index (Phi) is 6.09. The minimum Gasteiger partial charge on any atom is -0.493 e. The molecule has 0 bridgehead atoms. The number of methoxy groups -OCH3 is 3. The number of nitrogens with zero attached hydrogens (tertiary/aromatic N) is 2. The number of benzene rings is 2. The van der Waals surface area contributed by atoms with Crippen molar-refractivity contribution in [2.75, 3.05) is 28.4 Å². The minimum absolute atomic E-state index is 0.0807. The van der Waals surface area contributed by atoms with E-state index in [-0.39, 0.29) is 5.75 Å². The Bertz CT molecular complexity index is 1070. The van der Waals surface area contributed by atoms with Gasteiger partial charge in [0, 0.05) is 5.56 Å². The summed E-state index contributed by atoms with van der Waals surface area (Å²) in [6.45, 7) is 0. The van der Waals surface area contributed by atoms with Crippen LogP contribution in [0.15, 0.2) is 48.7 Å². The van der Waals surface area contributed by atoms with Crippen molar-refractivity contribution in [2.45, 2.75) is 5.75 Å². The van der Waals surface area contributed by atoms with E-state index in [9.17, 15) is 8.42 Å². The van der Waals surface area contributed by atoms with E-state index in [1.807, 2.05) is 30.3 Å². The van der Waals surface area contributed by atoms with Crippen molar-refractivity contribution in [1.82, 2.24) is 14.5 Å². The lowest BCUT2D eigenvalue weighted by molar-refractivity contribution is 0.324. The third-order valence-corrected chi connectivity index (χ3v) is 5.79. The van der Waals surface area contributed by atoms with Gasteiger partial charge >= 0.3 is 0 Å². The van der Waals surface area contributed by atoms with Gasteiger partial charge in [0.1, 0.15) is 0 Å². The molecule has 0 saturated carbocycles. The molecule has 3 aromatic rings. The smallest absolute Gasteiger partial charge is 0.215 e. The summed E-state index contributed by atoms with van der Waals surface area (Å²) >= 11 is 0. The maximum Gasteiger partial charge on any atom is 0.215 e. The molecule has 0 amide bonds. The van der Waals surface area contributed by atoms with Crippen LogP contribution < -0.4 is 18.9 Å². The van der Waals surface area contributed by atoms with Crippen molar-refractivity contribution in [2.24, 2.45) is 0 Å². The largest absolute Gasteiger partial charge is 0.493 e. The molecule has 3 rings (SSSR count). The summed E-state index contributed by atoms with van der Waals surface area (Å²) in [7, 11) is 2.76. The Labute approximate surface area is 170 Å². The molecule has 1 heterocycles. The van der Waals surface area contributed by atoms with Crippen LogP contribution in [0.1, 0.15) is 5.56 Å². The molecule has 0 aliphatic carbocycles. The quantitative estimate of drug-likeness (QED) is 0.606. The zero-order valence-electron chi connectivity index (χ0n) is 16.7. The molecular weight excluding hydrogens is 394 g/mol. The highest BCUT2D eigenvalue weighted by Crippen LogP contribution is 2.41. The number of rotatable bonds is 8. The molecule has 2 aromatic carbocycles. The van der Waals surface area contributed by atoms with Crippen molar-refractivity contribution in [3.8, 4) is 34.2 Å². The number of nitrogens with one attached hydrogen (secondary N) is 1. The van der Waals surface area contributed by atoms with E-state index in [1.54, 1.807) is 44.3 Å². The van der Waals surface area contributed by atoms with E-state index < -0.39 is 10.0 Å². The number of hydrogen-bond acceptors (Lipinski definition) is 6. The normalized spacial score (nSPS) is 11.3. The predicted molar refractivity (Wildman–Crippen MR) is 110 cm³/mol. The molecule has 0 spiro atoms. The highest BCUT2D eigenvalue weighted by Gasteiger charge is 2.17.